The van der Waals surface area contributed by atoms with E-state index in [1.54, 1.807) is 6.07 Å². The number of hydrogen-bond acceptors (Lipinski definition) is 4. The van der Waals surface area contributed by atoms with Crippen LogP contribution in [0.25, 0.3) is 0 Å². The molecule has 0 aromatic heterocycles. The van der Waals surface area contributed by atoms with Gasteiger partial charge >= 0.3 is 6.61 Å². The van der Waals surface area contributed by atoms with E-state index in [0.717, 1.165) is 11.1 Å². The number of carbonyl (C=O) groups is 1. The topological polar surface area (TPSA) is 59.9 Å². The standard InChI is InChI=1S/C17H16F2N2O3/c1-12-6-8-13(9-7-12)10-20-23-11-16(22)21-14-4-2-3-5-15(14)24-17(18)19/h2-10,17H,11H2,1H3,(H,21,22)/b20-10-. The Morgan fingerprint density at radius 1 is 1.21 bits per heavy atom. The van der Waals surface area contributed by atoms with Gasteiger partial charge in [0.2, 0.25) is 0 Å². The summed E-state index contributed by atoms with van der Waals surface area (Å²) < 4.78 is 28.9. The van der Waals surface area contributed by atoms with Crippen LogP contribution in [0, 0.1) is 6.92 Å². The van der Waals surface area contributed by atoms with Gasteiger partial charge in [-0.3, -0.25) is 4.79 Å². The summed E-state index contributed by atoms with van der Waals surface area (Å²) in [5.74, 6) is -0.662. The van der Waals surface area contributed by atoms with Gasteiger partial charge < -0.3 is 14.9 Å². The molecule has 2 aromatic rings. The second-order valence-corrected chi connectivity index (χ2v) is 4.84. The maximum atomic E-state index is 12.3. The molecule has 24 heavy (non-hydrogen) atoms. The second kappa shape index (κ2) is 8.61. The monoisotopic (exact) mass is 334 g/mol. The highest BCUT2D eigenvalue weighted by Crippen LogP contribution is 2.25. The molecule has 126 valence electrons. The normalized spacial score (nSPS) is 10.8. The lowest BCUT2D eigenvalue weighted by Gasteiger charge is -2.11. The fraction of sp³-hybridized carbons (Fsp3) is 0.176. The zero-order chi connectivity index (χ0) is 17.4. The number of nitrogens with one attached hydrogen (secondary N) is 1. The van der Waals surface area contributed by atoms with Crippen molar-refractivity contribution in [3.63, 3.8) is 0 Å². The Bertz CT molecular complexity index is 703. The highest BCUT2D eigenvalue weighted by atomic mass is 19.3. The molecule has 0 saturated heterocycles. The van der Waals surface area contributed by atoms with Crippen LogP contribution in [0.1, 0.15) is 11.1 Å². The maximum Gasteiger partial charge on any atom is 0.387 e. The molecule has 0 spiro atoms. The van der Waals surface area contributed by atoms with Crippen LogP contribution in [0.4, 0.5) is 14.5 Å². The van der Waals surface area contributed by atoms with Crippen molar-refractivity contribution in [1.29, 1.82) is 0 Å². The van der Waals surface area contributed by atoms with Gasteiger partial charge in [-0.25, -0.2) is 0 Å². The first kappa shape index (κ1) is 17.4. The van der Waals surface area contributed by atoms with Gasteiger partial charge in [-0.2, -0.15) is 8.78 Å². The van der Waals surface area contributed by atoms with Crippen LogP contribution in [0.2, 0.25) is 0 Å². The predicted octanol–water partition coefficient (Wildman–Crippen LogP) is 3.59. The Labute approximate surface area is 137 Å². The molecule has 1 N–H and O–H groups in total. The molecule has 0 unspecified atom stereocenters. The quantitative estimate of drug-likeness (QED) is 0.622. The van der Waals surface area contributed by atoms with Crippen LogP contribution < -0.4 is 10.1 Å². The number of hydrogen-bond donors (Lipinski definition) is 1. The predicted molar refractivity (Wildman–Crippen MR) is 86.4 cm³/mol. The molecule has 7 heteroatoms. The summed E-state index contributed by atoms with van der Waals surface area (Å²) in [4.78, 5) is 16.6. The van der Waals surface area contributed by atoms with Gasteiger partial charge in [0.25, 0.3) is 5.91 Å². The number of oxime groups is 1. The molecule has 0 fully saturated rings. The number of benzene rings is 2. The van der Waals surface area contributed by atoms with Crippen molar-refractivity contribution in [3.05, 3.63) is 59.7 Å². The van der Waals surface area contributed by atoms with Gasteiger partial charge in [0, 0.05) is 0 Å². The summed E-state index contributed by atoms with van der Waals surface area (Å²) in [6.45, 7) is -1.36. The van der Waals surface area contributed by atoms with Crippen LogP contribution >= 0.6 is 0 Å². The minimum atomic E-state index is -2.97. The number of ether oxygens (including phenoxy) is 1. The lowest BCUT2D eigenvalue weighted by molar-refractivity contribution is -0.120. The van der Waals surface area contributed by atoms with E-state index in [2.05, 4.69) is 15.2 Å². The molecule has 0 atom stereocenters. The van der Waals surface area contributed by atoms with E-state index in [1.807, 2.05) is 31.2 Å². The number of alkyl halides is 2. The smallest absolute Gasteiger partial charge is 0.387 e. The Hall–Kier alpha value is -2.96. The molecule has 0 aliphatic carbocycles. The number of halogens is 2. The summed E-state index contributed by atoms with van der Waals surface area (Å²) in [7, 11) is 0. The Kier molecular flexibility index (Phi) is 6.24. The van der Waals surface area contributed by atoms with Gasteiger partial charge in [-0.05, 0) is 24.6 Å². The molecule has 0 aliphatic heterocycles. The minimum Gasteiger partial charge on any atom is -0.433 e. The van der Waals surface area contributed by atoms with Crippen molar-refractivity contribution >= 4 is 17.8 Å². The van der Waals surface area contributed by atoms with Crippen molar-refractivity contribution in [2.24, 2.45) is 5.16 Å². The Morgan fingerprint density at radius 3 is 2.62 bits per heavy atom. The first-order valence-electron chi connectivity index (χ1n) is 7.10. The molecule has 2 rings (SSSR count). The van der Waals surface area contributed by atoms with Crippen LogP contribution in [0.5, 0.6) is 5.75 Å². The van der Waals surface area contributed by atoms with Crippen LogP contribution in [0.15, 0.2) is 53.7 Å². The number of aryl methyl sites for hydroxylation is 1. The summed E-state index contributed by atoms with van der Waals surface area (Å²) >= 11 is 0. The summed E-state index contributed by atoms with van der Waals surface area (Å²) in [5.41, 5.74) is 2.09. The highest BCUT2D eigenvalue weighted by Gasteiger charge is 2.11. The molecule has 0 saturated carbocycles. The number of para-hydroxylation sites is 2. The average Bonchev–Trinajstić information content (AvgIpc) is 2.55. The molecule has 1 amide bonds. The van der Waals surface area contributed by atoms with Crippen molar-refractivity contribution in [3.8, 4) is 5.75 Å². The molecule has 0 bridgehead atoms. The molecular formula is C17H16F2N2O3. The van der Waals surface area contributed by atoms with E-state index in [0.29, 0.717) is 0 Å². The molecular weight excluding hydrogens is 318 g/mol. The third-order valence-electron chi connectivity index (χ3n) is 2.93. The van der Waals surface area contributed by atoms with Crippen molar-refractivity contribution in [2.75, 3.05) is 11.9 Å². The molecule has 5 nitrogen and oxygen atoms in total. The lowest BCUT2D eigenvalue weighted by atomic mass is 10.2. The van der Waals surface area contributed by atoms with Gasteiger partial charge in [0.15, 0.2) is 6.61 Å². The number of anilines is 1. The lowest BCUT2D eigenvalue weighted by Crippen LogP contribution is -2.18. The number of carbonyl (C=O) groups excluding carboxylic acids is 1. The fourth-order valence-corrected chi connectivity index (χ4v) is 1.80. The summed E-state index contributed by atoms with van der Waals surface area (Å²) in [6.07, 6.45) is 1.47. The highest BCUT2D eigenvalue weighted by molar-refractivity contribution is 5.93. The van der Waals surface area contributed by atoms with Gasteiger partial charge in [-0.15, -0.1) is 0 Å². The molecule has 0 aliphatic rings. The van der Waals surface area contributed by atoms with Crippen LogP contribution in [0.3, 0.4) is 0 Å². The average molecular weight is 334 g/mol. The molecule has 0 radical (unpaired) electrons. The van der Waals surface area contributed by atoms with Crippen LogP contribution in [-0.2, 0) is 9.63 Å². The summed E-state index contributed by atoms with van der Waals surface area (Å²) in [6, 6.07) is 13.5. The fourth-order valence-electron chi connectivity index (χ4n) is 1.80. The van der Waals surface area contributed by atoms with E-state index < -0.39 is 12.5 Å². The van der Waals surface area contributed by atoms with Crippen molar-refractivity contribution in [1.82, 2.24) is 0 Å². The van der Waals surface area contributed by atoms with Gasteiger partial charge in [0.1, 0.15) is 5.75 Å². The third kappa shape index (κ3) is 5.68. The zero-order valence-corrected chi connectivity index (χ0v) is 12.9. The Morgan fingerprint density at radius 2 is 1.92 bits per heavy atom. The number of rotatable bonds is 7. The van der Waals surface area contributed by atoms with E-state index >= 15 is 0 Å². The SMILES string of the molecule is Cc1ccc(/C=N\OCC(=O)Nc2ccccc2OC(F)F)cc1. The zero-order valence-electron chi connectivity index (χ0n) is 12.9. The van der Waals surface area contributed by atoms with Crippen molar-refractivity contribution in [2.45, 2.75) is 13.5 Å². The van der Waals surface area contributed by atoms with E-state index in [1.165, 1.54) is 24.4 Å². The van der Waals surface area contributed by atoms with Crippen molar-refractivity contribution < 1.29 is 23.1 Å². The minimum absolute atomic E-state index is 0.121. The molecule has 0 heterocycles. The van der Waals surface area contributed by atoms with Gasteiger partial charge in [-0.1, -0.05) is 47.1 Å². The first-order chi connectivity index (χ1) is 11.5. The van der Waals surface area contributed by atoms with E-state index in [4.69, 9.17) is 4.84 Å². The van der Waals surface area contributed by atoms with E-state index in [9.17, 15) is 13.6 Å². The summed E-state index contributed by atoms with van der Waals surface area (Å²) in [5, 5.41) is 6.11. The Balaban J connectivity index is 1.84. The second-order valence-electron chi connectivity index (χ2n) is 4.84. The molecule has 2 aromatic carbocycles. The third-order valence-corrected chi connectivity index (χ3v) is 2.93. The largest absolute Gasteiger partial charge is 0.433 e. The number of amides is 1. The first-order valence-corrected chi connectivity index (χ1v) is 7.10. The van der Waals surface area contributed by atoms with Gasteiger partial charge in [0.05, 0.1) is 11.9 Å². The van der Waals surface area contributed by atoms with E-state index in [-0.39, 0.29) is 18.0 Å². The maximum absolute atomic E-state index is 12.3. The number of nitrogens with zero attached hydrogens (tertiary/aromatic N) is 1. The van der Waals surface area contributed by atoms with Crippen LogP contribution in [-0.4, -0.2) is 25.3 Å².